The third-order valence-electron chi connectivity index (χ3n) is 2.85. The molecule has 1 N–H and O–H groups in total. The van der Waals surface area contributed by atoms with Crippen LogP contribution in [0.4, 0.5) is 8.78 Å². The summed E-state index contributed by atoms with van der Waals surface area (Å²) in [7, 11) is 0. The lowest BCUT2D eigenvalue weighted by molar-refractivity contribution is 0.521. The van der Waals surface area contributed by atoms with E-state index in [4.69, 9.17) is 0 Å². The van der Waals surface area contributed by atoms with Crippen molar-refractivity contribution in [2.75, 3.05) is 6.54 Å². The van der Waals surface area contributed by atoms with E-state index < -0.39 is 11.8 Å². The van der Waals surface area contributed by atoms with Crippen LogP contribution in [0.1, 0.15) is 17.5 Å². The van der Waals surface area contributed by atoms with E-state index in [1.165, 1.54) is 13.1 Å². The van der Waals surface area contributed by atoms with Gasteiger partial charge in [-0.3, -0.25) is 0 Å². The van der Waals surface area contributed by atoms with E-state index in [0.29, 0.717) is 18.0 Å². The molecule has 1 aliphatic heterocycles. The predicted molar refractivity (Wildman–Crippen MR) is 58.1 cm³/mol. The van der Waals surface area contributed by atoms with Crippen LogP contribution in [-0.4, -0.2) is 17.6 Å². The fraction of sp³-hybridized carbons (Fsp3) is 0.417. The van der Waals surface area contributed by atoms with Crippen LogP contribution >= 0.6 is 0 Å². The Labute approximate surface area is 93.4 Å². The van der Waals surface area contributed by atoms with Crippen LogP contribution in [0.3, 0.4) is 0 Å². The fourth-order valence-corrected chi connectivity index (χ4v) is 1.82. The summed E-state index contributed by atoms with van der Waals surface area (Å²) in [6.07, 6.45) is 6.79. The van der Waals surface area contributed by atoms with Gasteiger partial charge in [0.1, 0.15) is 5.82 Å². The Morgan fingerprint density at radius 3 is 3.00 bits per heavy atom. The maximum Gasteiger partial charge on any atom is 0.218 e. The smallest absolute Gasteiger partial charge is 0.218 e. The predicted octanol–water partition coefficient (Wildman–Crippen LogP) is 2.13. The van der Waals surface area contributed by atoms with Crippen molar-refractivity contribution in [1.29, 1.82) is 0 Å². The lowest BCUT2D eigenvalue weighted by Crippen LogP contribution is -2.22. The van der Waals surface area contributed by atoms with Gasteiger partial charge in [0.05, 0.1) is 0 Å². The maximum atomic E-state index is 13.6. The molecule has 1 aromatic heterocycles. The second-order valence-electron chi connectivity index (χ2n) is 3.99. The molecule has 0 amide bonds. The van der Waals surface area contributed by atoms with Gasteiger partial charge in [-0.2, -0.15) is 4.39 Å². The molecule has 0 fully saturated rings. The molecule has 2 nitrogen and oxygen atoms in total. The van der Waals surface area contributed by atoms with Gasteiger partial charge in [0.25, 0.3) is 0 Å². The highest BCUT2D eigenvalue weighted by atomic mass is 19.1. The normalized spacial score (nSPS) is 19.3. The van der Waals surface area contributed by atoms with Crippen LogP contribution in [0, 0.1) is 18.7 Å². The van der Waals surface area contributed by atoms with Crippen molar-refractivity contribution < 1.29 is 8.78 Å². The SMILES string of the molecule is Cc1c(F)ncc(CC[C@@H]2C=CCN2)c1F. The largest absolute Gasteiger partial charge is 0.307 e. The molecule has 1 aliphatic rings. The molecular formula is C12H14F2N2. The van der Waals surface area contributed by atoms with Crippen LogP contribution in [-0.2, 0) is 6.42 Å². The molecule has 0 unspecified atom stereocenters. The van der Waals surface area contributed by atoms with Crippen molar-refractivity contribution in [3.63, 3.8) is 0 Å². The van der Waals surface area contributed by atoms with Gasteiger partial charge in [0.2, 0.25) is 5.95 Å². The minimum absolute atomic E-state index is 0.00687. The highest BCUT2D eigenvalue weighted by Gasteiger charge is 2.13. The van der Waals surface area contributed by atoms with Gasteiger partial charge >= 0.3 is 0 Å². The Morgan fingerprint density at radius 2 is 2.31 bits per heavy atom. The number of nitrogens with zero attached hydrogens (tertiary/aromatic N) is 1. The average molecular weight is 224 g/mol. The van der Waals surface area contributed by atoms with Gasteiger partial charge in [0, 0.05) is 29.9 Å². The third-order valence-corrected chi connectivity index (χ3v) is 2.85. The van der Waals surface area contributed by atoms with Crippen LogP contribution < -0.4 is 5.32 Å². The Hall–Kier alpha value is -1.29. The van der Waals surface area contributed by atoms with Gasteiger partial charge in [-0.05, 0) is 19.8 Å². The number of aromatic nitrogens is 1. The first-order chi connectivity index (χ1) is 7.68. The zero-order chi connectivity index (χ0) is 11.5. The number of aryl methyl sites for hydroxylation is 1. The molecule has 0 saturated carbocycles. The van der Waals surface area contributed by atoms with E-state index in [-0.39, 0.29) is 5.56 Å². The fourth-order valence-electron chi connectivity index (χ4n) is 1.82. The van der Waals surface area contributed by atoms with Crippen molar-refractivity contribution in [2.24, 2.45) is 0 Å². The van der Waals surface area contributed by atoms with Crippen LogP contribution in [0.2, 0.25) is 0 Å². The molecule has 0 radical (unpaired) electrons. The van der Waals surface area contributed by atoms with Crippen molar-refractivity contribution in [3.8, 4) is 0 Å². The number of pyridine rings is 1. The topological polar surface area (TPSA) is 24.9 Å². The van der Waals surface area contributed by atoms with Crippen LogP contribution in [0.15, 0.2) is 18.3 Å². The molecule has 0 bridgehead atoms. The van der Waals surface area contributed by atoms with Crippen LogP contribution in [0.25, 0.3) is 0 Å². The van der Waals surface area contributed by atoms with Gasteiger partial charge in [-0.1, -0.05) is 12.2 Å². The monoisotopic (exact) mass is 224 g/mol. The number of hydrogen-bond acceptors (Lipinski definition) is 2. The molecule has 86 valence electrons. The first-order valence-corrected chi connectivity index (χ1v) is 5.38. The van der Waals surface area contributed by atoms with Gasteiger partial charge < -0.3 is 5.32 Å². The Bertz CT molecular complexity index is 416. The summed E-state index contributed by atoms with van der Waals surface area (Å²) in [5, 5.41) is 3.24. The molecule has 0 aliphatic carbocycles. The number of rotatable bonds is 3. The van der Waals surface area contributed by atoms with Crippen molar-refractivity contribution >= 4 is 0 Å². The number of halogens is 2. The van der Waals surface area contributed by atoms with E-state index in [2.05, 4.69) is 22.5 Å². The second-order valence-corrected chi connectivity index (χ2v) is 3.99. The Balaban J connectivity index is 2.04. The van der Waals surface area contributed by atoms with Crippen molar-refractivity contribution in [3.05, 3.63) is 41.2 Å². The molecule has 4 heteroatoms. The molecule has 0 spiro atoms. The summed E-state index contributed by atoms with van der Waals surface area (Å²) in [6.45, 7) is 2.28. The number of hydrogen-bond donors (Lipinski definition) is 1. The summed E-state index contributed by atoms with van der Waals surface area (Å²) >= 11 is 0. The third kappa shape index (κ3) is 2.27. The van der Waals surface area contributed by atoms with E-state index in [1.54, 1.807) is 0 Å². The highest BCUT2D eigenvalue weighted by molar-refractivity contribution is 5.21. The highest BCUT2D eigenvalue weighted by Crippen LogP contribution is 2.16. The zero-order valence-electron chi connectivity index (χ0n) is 9.13. The zero-order valence-corrected chi connectivity index (χ0v) is 9.13. The lowest BCUT2D eigenvalue weighted by Gasteiger charge is -2.10. The van der Waals surface area contributed by atoms with Crippen LogP contribution in [0.5, 0.6) is 0 Å². The molecule has 2 rings (SSSR count). The van der Waals surface area contributed by atoms with Gasteiger partial charge in [0.15, 0.2) is 0 Å². The quantitative estimate of drug-likeness (QED) is 0.628. The molecule has 0 aromatic carbocycles. The summed E-state index contributed by atoms with van der Waals surface area (Å²) in [6, 6.07) is 0.296. The summed E-state index contributed by atoms with van der Waals surface area (Å²) < 4.78 is 26.5. The van der Waals surface area contributed by atoms with Gasteiger partial charge in [-0.25, -0.2) is 9.37 Å². The Morgan fingerprint density at radius 1 is 1.50 bits per heavy atom. The van der Waals surface area contributed by atoms with Crippen molar-refractivity contribution in [2.45, 2.75) is 25.8 Å². The summed E-state index contributed by atoms with van der Waals surface area (Å²) in [4.78, 5) is 3.54. The van der Waals surface area contributed by atoms with Gasteiger partial charge in [-0.15, -0.1) is 0 Å². The maximum absolute atomic E-state index is 13.6. The molecule has 2 heterocycles. The molecule has 0 saturated heterocycles. The Kier molecular flexibility index (Phi) is 3.29. The van der Waals surface area contributed by atoms with E-state index in [9.17, 15) is 8.78 Å². The molecule has 1 aromatic rings. The summed E-state index contributed by atoms with van der Waals surface area (Å²) in [5.41, 5.74) is 0.494. The molecular weight excluding hydrogens is 210 g/mol. The van der Waals surface area contributed by atoms with E-state index >= 15 is 0 Å². The second kappa shape index (κ2) is 4.70. The minimum Gasteiger partial charge on any atom is -0.307 e. The van der Waals surface area contributed by atoms with Crippen molar-refractivity contribution in [1.82, 2.24) is 10.3 Å². The lowest BCUT2D eigenvalue weighted by atomic mass is 10.1. The number of nitrogens with one attached hydrogen (secondary N) is 1. The summed E-state index contributed by atoms with van der Waals surface area (Å²) in [5.74, 6) is -1.19. The minimum atomic E-state index is -0.722. The standard InChI is InChI=1S/C12H14F2N2/c1-8-11(13)9(7-16-12(8)14)4-5-10-3-2-6-15-10/h2-3,7,10,15H,4-6H2,1H3/t10-/m0/s1. The first kappa shape index (κ1) is 11.2. The van der Waals surface area contributed by atoms with E-state index in [1.807, 2.05) is 0 Å². The average Bonchev–Trinajstić information content (AvgIpc) is 2.78. The molecule has 16 heavy (non-hydrogen) atoms. The first-order valence-electron chi connectivity index (χ1n) is 5.38. The van der Waals surface area contributed by atoms with E-state index in [0.717, 1.165) is 13.0 Å². The molecule has 1 atom stereocenters.